The summed E-state index contributed by atoms with van der Waals surface area (Å²) in [5, 5.41) is 19.5. The van der Waals surface area contributed by atoms with E-state index in [1.54, 1.807) is 4.68 Å². The number of hydrogen-bond donors (Lipinski definition) is 3. The number of benzene rings is 3. The number of nitrogens with zero attached hydrogens (tertiary/aromatic N) is 3. The maximum absolute atomic E-state index is 11.5. The number of fused-ring (bicyclic) bond motifs is 1. The van der Waals surface area contributed by atoms with Gasteiger partial charge in [-0.25, -0.2) is 0 Å². The van der Waals surface area contributed by atoms with Gasteiger partial charge >= 0.3 is 0 Å². The summed E-state index contributed by atoms with van der Waals surface area (Å²) in [7, 11) is 1.90. The van der Waals surface area contributed by atoms with Crippen molar-refractivity contribution in [2.24, 2.45) is 7.05 Å². The third-order valence-electron chi connectivity index (χ3n) is 5.21. The van der Waals surface area contributed by atoms with Crippen LogP contribution in [0, 0.1) is 0 Å². The van der Waals surface area contributed by atoms with Crippen LogP contribution in [0.1, 0.15) is 6.92 Å². The molecule has 7 heteroatoms. The summed E-state index contributed by atoms with van der Waals surface area (Å²) < 4.78 is 1.79. The first-order chi connectivity index (χ1) is 15.6. The van der Waals surface area contributed by atoms with Crippen LogP contribution in [0.2, 0.25) is 0 Å². The lowest BCUT2D eigenvalue weighted by molar-refractivity contribution is -0.114. The Morgan fingerprint density at radius 1 is 0.938 bits per heavy atom. The van der Waals surface area contributed by atoms with Gasteiger partial charge < -0.3 is 10.6 Å². The molecule has 0 aliphatic rings. The Labute approximate surface area is 185 Å². The molecule has 7 nitrogen and oxygen atoms in total. The van der Waals surface area contributed by atoms with E-state index in [1.807, 2.05) is 74.0 Å². The maximum atomic E-state index is 11.5. The molecule has 0 bridgehead atoms. The van der Waals surface area contributed by atoms with Crippen LogP contribution in [-0.4, -0.2) is 25.9 Å². The number of amides is 1. The van der Waals surface area contributed by atoms with E-state index in [0.29, 0.717) is 0 Å². The van der Waals surface area contributed by atoms with Gasteiger partial charge in [-0.2, -0.15) is 10.2 Å². The summed E-state index contributed by atoms with van der Waals surface area (Å²) in [5.74, 6) is -0.110. The third kappa shape index (κ3) is 3.83. The van der Waals surface area contributed by atoms with E-state index in [0.717, 1.165) is 50.3 Å². The van der Waals surface area contributed by atoms with Crippen molar-refractivity contribution in [2.75, 3.05) is 10.6 Å². The predicted octanol–water partition coefficient (Wildman–Crippen LogP) is 5.33. The largest absolute Gasteiger partial charge is 0.355 e. The molecule has 0 fully saturated rings. The van der Waals surface area contributed by atoms with Gasteiger partial charge in [-0.1, -0.05) is 30.3 Å². The highest BCUT2D eigenvalue weighted by atomic mass is 16.1. The topological polar surface area (TPSA) is 87.6 Å². The minimum Gasteiger partial charge on any atom is -0.355 e. The SMILES string of the molecule is CC(=O)Nc1cccc(-c2n[nH]c3cc(-c4cnn(C)c4)cc(Nc4ccccc4)c23)c1. The highest BCUT2D eigenvalue weighted by molar-refractivity contribution is 6.05. The molecule has 32 heavy (non-hydrogen) atoms. The van der Waals surface area contributed by atoms with Crippen molar-refractivity contribution in [3.63, 3.8) is 0 Å². The van der Waals surface area contributed by atoms with E-state index in [2.05, 4.69) is 38.1 Å². The molecular weight excluding hydrogens is 400 g/mol. The molecule has 5 rings (SSSR count). The number of carbonyl (C=O) groups is 1. The molecule has 1 amide bonds. The fraction of sp³-hybridized carbons (Fsp3) is 0.0800. The molecule has 0 aliphatic carbocycles. The molecule has 0 atom stereocenters. The fourth-order valence-electron chi connectivity index (χ4n) is 3.83. The van der Waals surface area contributed by atoms with E-state index in [4.69, 9.17) is 0 Å². The van der Waals surface area contributed by atoms with E-state index < -0.39 is 0 Å². The van der Waals surface area contributed by atoms with Crippen molar-refractivity contribution < 1.29 is 4.79 Å². The number of hydrogen-bond acceptors (Lipinski definition) is 4. The zero-order valence-corrected chi connectivity index (χ0v) is 17.8. The molecular formula is C25H22N6O. The number of aromatic amines is 1. The van der Waals surface area contributed by atoms with E-state index in [9.17, 15) is 4.79 Å². The van der Waals surface area contributed by atoms with Crippen LogP contribution in [-0.2, 0) is 11.8 Å². The number of H-pyrrole nitrogens is 1. The fourth-order valence-corrected chi connectivity index (χ4v) is 3.83. The Morgan fingerprint density at radius 2 is 1.75 bits per heavy atom. The number of rotatable bonds is 5. The van der Waals surface area contributed by atoms with Crippen molar-refractivity contribution >= 4 is 33.9 Å². The summed E-state index contributed by atoms with van der Waals surface area (Å²) >= 11 is 0. The first-order valence-corrected chi connectivity index (χ1v) is 10.3. The molecule has 0 saturated carbocycles. The highest BCUT2D eigenvalue weighted by Crippen LogP contribution is 2.38. The molecule has 2 aromatic heterocycles. The van der Waals surface area contributed by atoms with Gasteiger partial charge in [0.2, 0.25) is 5.91 Å². The van der Waals surface area contributed by atoms with Crippen molar-refractivity contribution in [3.8, 4) is 22.4 Å². The molecule has 0 aliphatic heterocycles. The molecule has 3 aromatic carbocycles. The maximum Gasteiger partial charge on any atom is 0.221 e. The van der Waals surface area contributed by atoms with Crippen LogP contribution >= 0.6 is 0 Å². The molecule has 2 heterocycles. The summed E-state index contributed by atoms with van der Waals surface area (Å²) in [6.45, 7) is 1.50. The Hall–Kier alpha value is -4.39. The number of anilines is 3. The lowest BCUT2D eigenvalue weighted by Gasteiger charge is -2.12. The van der Waals surface area contributed by atoms with Gasteiger partial charge in [0.25, 0.3) is 0 Å². The Kier molecular flexibility index (Phi) is 4.91. The van der Waals surface area contributed by atoms with Gasteiger partial charge in [-0.05, 0) is 42.0 Å². The Morgan fingerprint density at radius 3 is 2.50 bits per heavy atom. The quantitative estimate of drug-likeness (QED) is 0.357. The molecule has 5 aromatic rings. The van der Waals surface area contributed by atoms with E-state index in [-0.39, 0.29) is 5.91 Å². The lowest BCUT2D eigenvalue weighted by Crippen LogP contribution is -2.05. The van der Waals surface area contributed by atoms with Crippen LogP contribution in [0.3, 0.4) is 0 Å². The van der Waals surface area contributed by atoms with Crippen LogP contribution in [0.4, 0.5) is 17.1 Å². The summed E-state index contributed by atoms with van der Waals surface area (Å²) in [6.07, 6.45) is 3.84. The van der Waals surface area contributed by atoms with Crippen molar-refractivity contribution in [3.05, 3.63) is 79.1 Å². The zero-order chi connectivity index (χ0) is 22.1. The van der Waals surface area contributed by atoms with Gasteiger partial charge in [-0.15, -0.1) is 0 Å². The number of nitrogens with one attached hydrogen (secondary N) is 3. The average molecular weight is 422 g/mol. The molecule has 158 valence electrons. The number of aryl methyl sites for hydroxylation is 1. The van der Waals surface area contributed by atoms with Gasteiger partial charge in [-0.3, -0.25) is 14.6 Å². The molecule has 0 saturated heterocycles. The Bertz CT molecular complexity index is 1420. The second-order valence-electron chi connectivity index (χ2n) is 7.67. The first kappa shape index (κ1) is 19.6. The standard InChI is InChI=1S/C25H22N6O/c1-16(32)27-21-10-6-7-17(11-21)25-24-22(28-20-8-4-3-5-9-20)12-18(13-23(24)29-30-25)19-14-26-31(2)15-19/h3-15,28H,1-2H3,(H,27,32)(H,29,30). The van der Waals surface area contributed by atoms with Crippen LogP contribution in [0.5, 0.6) is 0 Å². The number of para-hydroxylation sites is 1. The summed E-state index contributed by atoms with van der Waals surface area (Å²) in [5.41, 5.74) is 7.33. The van der Waals surface area contributed by atoms with Crippen molar-refractivity contribution in [1.29, 1.82) is 0 Å². The monoisotopic (exact) mass is 422 g/mol. The lowest BCUT2D eigenvalue weighted by atomic mass is 10.0. The van der Waals surface area contributed by atoms with Gasteiger partial charge in [0.15, 0.2) is 0 Å². The van der Waals surface area contributed by atoms with Crippen LogP contribution in [0.25, 0.3) is 33.3 Å². The third-order valence-corrected chi connectivity index (χ3v) is 5.21. The minimum atomic E-state index is -0.110. The smallest absolute Gasteiger partial charge is 0.221 e. The predicted molar refractivity (Wildman–Crippen MR) is 128 cm³/mol. The average Bonchev–Trinajstić information content (AvgIpc) is 3.41. The number of carbonyl (C=O) groups excluding carboxylic acids is 1. The zero-order valence-electron chi connectivity index (χ0n) is 17.8. The van der Waals surface area contributed by atoms with Crippen molar-refractivity contribution in [1.82, 2.24) is 20.0 Å². The van der Waals surface area contributed by atoms with E-state index >= 15 is 0 Å². The van der Waals surface area contributed by atoms with Crippen LogP contribution in [0.15, 0.2) is 79.1 Å². The number of aromatic nitrogens is 4. The van der Waals surface area contributed by atoms with Gasteiger partial charge in [0, 0.05) is 42.7 Å². The van der Waals surface area contributed by atoms with Gasteiger partial charge in [0.1, 0.15) is 5.69 Å². The minimum absolute atomic E-state index is 0.110. The molecule has 0 spiro atoms. The molecule has 0 unspecified atom stereocenters. The van der Waals surface area contributed by atoms with Crippen LogP contribution < -0.4 is 10.6 Å². The van der Waals surface area contributed by atoms with E-state index in [1.165, 1.54) is 6.92 Å². The normalized spacial score (nSPS) is 10.9. The second kappa shape index (κ2) is 8.03. The molecule has 3 N–H and O–H groups in total. The Balaban J connectivity index is 1.68. The first-order valence-electron chi connectivity index (χ1n) is 10.3. The second-order valence-corrected chi connectivity index (χ2v) is 7.67. The summed E-state index contributed by atoms with van der Waals surface area (Å²) in [4.78, 5) is 11.5. The molecule has 0 radical (unpaired) electrons. The summed E-state index contributed by atoms with van der Waals surface area (Å²) in [6, 6.07) is 21.9. The highest BCUT2D eigenvalue weighted by Gasteiger charge is 2.16. The van der Waals surface area contributed by atoms with Gasteiger partial charge in [0.05, 0.1) is 22.8 Å². The van der Waals surface area contributed by atoms with Crippen molar-refractivity contribution in [2.45, 2.75) is 6.92 Å².